The first-order valence-corrected chi connectivity index (χ1v) is 7.01. The molecular formula is C18H21NO. The van der Waals surface area contributed by atoms with Crippen molar-refractivity contribution in [2.75, 3.05) is 5.32 Å². The van der Waals surface area contributed by atoms with Crippen LogP contribution in [0.5, 0.6) is 0 Å². The van der Waals surface area contributed by atoms with E-state index >= 15 is 0 Å². The smallest absolute Gasteiger partial charge is 0.255 e. The van der Waals surface area contributed by atoms with Crippen LogP contribution in [0.1, 0.15) is 35.3 Å². The van der Waals surface area contributed by atoms with Crippen LogP contribution in [0.2, 0.25) is 0 Å². The van der Waals surface area contributed by atoms with E-state index in [4.69, 9.17) is 0 Å². The summed E-state index contributed by atoms with van der Waals surface area (Å²) < 4.78 is 0. The summed E-state index contributed by atoms with van der Waals surface area (Å²) in [6.07, 6.45) is 0.992. The Hall–Kier alpha value is -2.09. The molecule has 104 valence electrons. The number of aryl methyl sites for hydroxylation is 1. The summed E-state index contributed by atoms with van der Waals surface area (Å²) >= 11 is 0. The van der Waals surface area contributed by atoms with Gasteiger partial charge in [-0.3, -0.25) is 4.79 Å². The zero-order valence-electron chi connectivity index (χ0n) is 12.3. The molecule has 0 aliphatic carbocycles. The van der Waals surface area contributed by atoms with Crippen molar-refractivity contribution in [1.82, 2.24) is 0 Å². The van der Waals surface area contributed by atoms with Gasteiger partial charge < -0.3 is 5.32 Å². The van der Waals surface area contributed by atoms with Crippen molar-refractivity contribution >= 4 is 11.6 Å². The minimum atomic E-state index is -0.0544. The van der Waals surface area contributed by atoms with Crippen molar-refractivity contribution in [3.63, 3.8) is 0 Å². The molecule has 1 amide bonds. The third kappa shape index (κ3) is 3.95. The fourth-order valence-corrected chi connectivity index (χ4v) is 2.24. The zero-order chi connectivity index (χ0) is 14.5. The Balaban J connectivity index is 2.13. The maximum atomic E-state index is 12.3. The van der Waals surface area contributed by atoms with Gasteiger partial charge in [0.05, 0.1) is 0 Å². The van der Waals surface area contributed by atoms with Gasteiger partial charge in [-0.25, -0.2) is 0 Å². The molecule has 0 saturated carbocycles. The van der Waals surface area contributed by atoms with Crippen LogP contribution in [0.4, 0.5) is 5.69 Å². The molecule has 2 heteroatoms. The van der Waals surface area contributed by atoms with Gasteiger partial charge in [-0.2, -0.15) is 0 Å². The number of hydrogen-bond donors (Lipinski definition) is 1. The lowest BCUT2D eigenvalue weighted by Gasteiger charge is -2.09. The van der Waals surface area contributed by atoms with Crippen molar-refractivity contribution in [2.24, 2.45) is 5.92 Å². The number of carbonyl (C=O) groups is 1. The Labute approximate surface area is 120 Å². The molecule has 0 aliphatic rings. The Morgan fingerprint density at radius 1 is 1.10 bits per heavy atom. The van der Waals surface area contributed by atoms with Crippen LogP contribution in [-0.2, 0) is 6.42 Å². The normalized spacial score (nSPS) is 10.6. The molecule has 0 saturated heterocycles. The molecule has 0 aromatic heterocycles. The van der Waals surface area contributed by atoms with Crippen molar-refractivity contribution in [3.8, 4) is 0 Å². The number of benzene rings is 2. The zero-order valence-corrected chi connectivity index (χ0v) is 12.3. The van der Waals surface area contributed by atoms with Gasteiger partial charge in [-0.15, -0.1) is 0 Å². The summed E-state index contributed by atoms with van der Waals surface area (Å²) in [6, 6.07) is 15.7. The predicted octanol–water partition coefficient (Wildman–Crippen LogP) is 4.45. The Morgan fingerprint density at radius 3 is 2.55 bits per heavy atom. The second-order valence-electron chi connectivity index (χ2n) is 5.62. The minimum Gasteiger partial charge on any atom is -0.322 e. The lowest BCUT2D eigenvalue weighted by Crippen LogP contribution is -2.12. The lowest BCUT2D eigenvalue weighted by molar-refractivity contribution is 0.102. The Kier molecular flexibility index (Phi) is 4.57. The fourth-order valence-electron chi connectivity index (χ4n) is 2.24. The summed E-state index contributed by atoms with van der Waals surface area (Å²) in [5.41, 5.74) is 3.89. The summed E-state index contributed by atoms with van der Waals surface area (Å²) in [5, 5.41) is 2.94. The second-order valence-corrected chi connectivity index (χ2v) is 5.62. The molecule has 20 heavy (non-hydrogen) atoms. The highest BCUT2D eigenvalue weighted by Crippen LogP contribution is 2.14. The molecule has 0 unspecified atom stereocenters. The van der Waals surface area contributed by atoms with Gasteiger partial charge in [0.15, 0.2) is 0 Å². The van der Waals surface area contributed by atoms with E-state index in [9.17, 15) is 4.79 Å². The van der Waals surface area contributed by atoms with Crippen LogP contribution in [0.25, 0.3) is 0 Å². The van der Waals surface area contributed by atoms with E-state index in [0.717, 1.165) is 17.7 Å². The SMILES string of the molecule is Cc1cccc(NC(=O)c2cccc(CC(C)C)c2)c1. The number of carbonyl (C=O) groups excluding carboxylic acids is 1. The van der Waals surface area contributed by atoms with Crippen LogP contribution in [0, 0.1) is 12.8 Å². The standard InChI is InChI=1S/C18H21NO/c1-13(2)10-15-7-5-8-16(12-15)18(20)19-17-9-4-6-14(3)11-17/h4-9,11-13H,10H2,1-3H3,(H,19,20). The van der Waals surface area contributed by atoms with Gasteiger partial charge >= 0.3 is 0 Å². The van der Waals surface area contributed by atoms with E-state index in [2.05, 4.69) is 25.2 Å². The number of rotatable bonds is 4. The highest BCUT2D eigenvalue weighted by molar-refractivity contribution is 6.04. The van der Waals surface area contributed by atoms with Gasteiger partial charge in [-0.05, 0) is 54.7 Å². The Morgan fingerprint density at radius 2 is 1.85 bits per heavy atom. The van der Waals surface area contributed by atoms with Crippen LogP contribution in [0.3, 0.4) is 0 Å². The van der Waals surface area contributed by atoms with Gasteiger partial charge in [0, 0.05) is 11.3 Å². The van der Waals surface area contributed by atoms with Crippen LogP contribution < -0.4 is 5.32 Å². The molecule has 2 aromatic rings. The maximum absolute atomic E-state index is 12.3. The highest BCUT2D eigenvalue weighted by atomic mass is 16.1. The molecule has 2 aromatic carbocycles. The van der Waals surface area contributed by atoms with Gasteiger partial charge in [0.2, 0.25) is 0 Å². The quantitative estimate of drug-likeness (QED) is 0.871. The monoisotopic (exact) mass is 267 g/mol. The summed E-state index contributed by atoms with van der Waals surface area (Å²) in [4.78, 5) is 12.3. The van der Waals surface area contributed by atoms with Gasteiger partial charge in [-0.1, -0.05) is 38.1 Å². The lowest BCUT2D eigenvalue weighted by atomic mass is 10.0. The van der Waals surface area contributed by atoms with Crippen LogP contribution in [0.15, 0.2) is 48.5 Å². The molecule has 2 nitrogen and oxygen atoms in total. The van der Waals surface area contributed by atoms with E-state index in [-0.39, 0.29) is 5.91 Å². The largest absolute Gasteiger partial charge is 0.322 e. The van der Waals surface area contributed by atoms with Crippen LogP contribution in [-0.4, -0.2) is 5.91 Å². The molecule has 0 heterocycles. The van der Waals surface area contributed by atoms with Gasteiger partial charge in [0.25, 0.3) is 5.91 Å². The Bertz CT molecular complexity index is 602. The highest BCUT2D eigenvalue weighted by Gasteiger charge is 2.07. The molecule has 0 bridgehead atoms. The topological polar surface area (TPSA) is 29.1 Å². The minimum absolute atomic E-state index is 0.0544. The summed E-state index contributed by atoms with van der Waals surface area (Å²) in [5.74, 6) is 0.534. The first kappa shape index (κ1) is 14.3. The molecule has 1 N–H and O–H groups in total. The van der Waals surface area contributed by atoms with E-state index in [1.165, 1.54) is 5.56 Å². The van der Waals surface area contributed by atoms with E-state index in [1.807, 2.05) is 49.4 Å². The maximum Gasteiger partial charge on any atom is 0.255 e. The van der Waals surface area contributed by atoms with E-state index in [0.29, 0.717) is 11.5 Å². The second kappa shape index (κ2) is 6.38. The van der Waals surface area contributed by atoms with Crippen molar-refractivity contribution < 1.29 is 4.79 Å². The molecule has 0 aliphatic heterocycles. The first-order valence-electron chi connectivity index (χ1n) is 7.01. The fraction of sp³-hybridized carbons (Fsp3) is 0.278. The van der Waals surface area contributed by atoms with Crippen LogP contribution >= 0.6 is 0 Å². The van der Waals surface area contributed by atoms with Crippen molar-refractivity contribution in [2.45, 2.75) is 27.2 Å². The summed E-state index contributed by atoms with van der Waals surface area (Å²) in [7, 11) is 0. The first-order chi connectivity index (χ1) is 9.54. The molecule has 0 fully saturated rings. The summed E-state index contributed by atoms with van der Waals surface area (Å²) in [6.45, 7) is 6.37. The van der Waals surface area contributed by atoms with Crippen molar-refractivity contribution in [1.29, 1.82) is 0 Å². The number of hydrogen-bond acceptors (Lipinski definition) is 1. The average Bonchev–Trinajstić information content (AvgIpc) is 2.38. The van der Waals surface area contributed by atoms with Crippen molar-refractivity contribution in [3.05, 3.63) is 65.2 Å². The van der Waals surface area contributed by atoms with Gasteiger partial charge in [0.1, 0.15) is 0 Å². The third-order valence-electron chi connectivity index (χ3n) is 3.11. The molecule has 2 rings (SSSR count). The number of amides is 1. The molecule has 0 atom stereocenters. The average molecular weight is 267 g/mol. The third-order valence-corrected chi connectivity index (χ3v) is 3.11. The molecular weight excluding hydrogens is 246 g/mol. The number of nitrogens with one attached hydrogen (secondary N) is 1. The number of anilines is 1. The van der Waals surface area contributed by atoms with E-state index in [1.54, 1.807) is 0 Å². The molecule has 0 spiro atoms. The van der Waals surface area contributed by atoms with E-state index < -0.39 is 0 Å². The molecule has 0 radical (unpaired) electrons. The predicted molar refractivity (Wildman–Crippen MR) is 84.1 cm³/mol.